The van der Waals surface area contributed by atoms with Crippen LogP contribution in [-0.4, -0.2) is 17.1 Å². The van der Waals surface area contributed by atoms with Crippen LogP contribution in [0.25, 0.3) is 21.8 Å². The van der Waals surface area contributed by atoms with Crippen LogP contribution in [0.1, 0.15) is 29.8 Å². The van der Waals surface area contributed by atoms with Crippen LogP contribution < -0.4 is 10.7 Å². The fourth-order valence-electron chi connectivity index (χ4n) is 3.65. The number of hydrogen-bond donors (Lipinski definition) is 2. The molecule has 0 spiro atoms. The SMILES string of the molecule is CSc1ccccc1C(C)(C)NC(=O)c1ccc2c(=O)c3ccccc3[nH]c2c1. The summed E-state index contributed by atoms with van der Waals surface area (Å²) in [6, 6.07) is 20.6. The third-order valence-electron chi connectivity index (χ3n) is 5.17. The topological polar surface area (TPSA) is 62.0 Å². The van der Waals surface area contributed by atoms with E-state index >= 15 is 0 Å². The number of carbonyl (C=O) groups excluding carboxylic acids is 1. The molecule has 29 heavy (non-hydrogen) atoms. The van der Waals surface area contributed by atoms with Crippen LogP contribution in [0.5, 0.6) is 0 Å². The van der Waals surface area contributed by atoms with E-state index in [0.717, 1.165) is 16.0 Å². The second-order valence-electron chi connectivity index (χ2n) is 7.54. The van der Waals surface area contributed by atoms with E-state index < -0.39 is 5.54 Å². The van der Waals surface area contributed by atoms with Crippen molar-refractivity contribution in [3.8, 4) is 0 Å². The van der Waals surface area contributed by atoms with Crippen molar-refractivity contribution in [3.05, 3.63) is 88.1 Å². The molecule has 4 aromatic rings. The van der Waals surface area contributed by atoms with Gasteiger partial charge in [0.05, 0.1) is 11.1 Å². The summed E-state index contributed by atoms with van der Waals surface area (Å²) >= 11 is 1.66. The van der Waals surface area contributed by atoms with Gasteiger partial charge in [0.1, 0.15) is 0 Å². The standard InChI is InChI=1S/C24H22N2O2S/c1-24(2,18-9-5-7-11-21(18)29-3)26-23(28)15-12-13-17-20(14-15)25-19-10-6-4-8-16(19)22(17)27/h4-14H,1-3H3,(H,25,27)(H,26,28). The second kappa shape index (κ2) is 7.41. The maximum atomic E-state index is 13.0. The molecule has 1 heterocycles. The monoisotopic (exact) mass is 402 g/mol. The molecular weight excluding hydrogens is 380 g/mol. The zero-order chi connectivity index (χ0) is 20.6. The zero-order valence-electron chi connectivity index (χ0n) is 16.6. The van der Waals surface area contributed by atoms with E-state index in [4.69, 9.17) is 0 Å². The molecule has 5 heteroatoms. The fraction of sp³-hybridized carbons (Fsp3) is 0.167. The van der Waals surface area contributed by atoms with E-state index in [0.29, 0.717) is 21.9 Å². The van der Waals surface area contributed by atoms with E-state index in [-0.39, 0.29) is 11.3 Å². The summed E-state index contributed by atoms with van der Waals surface area (Å²) in [5, 5.41) is 4.36. The summed E-state index contributed by atoms with van der Waals surface area (Å²) in [5.41, 5.74) is 2.43. The summed E-state index contributed by atoms with van der Waals surface area (Å²) in [6.45, 7) is 3.99. The number of carbonyl (C=O) groups is 1. The number of pyridine rings is 1. The Kier molecular flexibility index (Phi) is 4.92. The molecule has 0 radical (unpaired) electrons. The third kappa shape index (κ3) is 3.54. The highest BCUT2D eigenvalue weighted by atomic mass is 32.2. The van der Waals surface area contributed by atoms with E-state index in [1.807, 2.05) is 56.5 Å². The van der Waals surface area contributed by atoms with Crippen molar-refractivity contribution in [1.29, 1.82) is 0 Å². The number of fused-ring (bicyclic) bond motifs is 2. The largest absolute Gasteiger partial charge is 0.354 e. The van der Waals surface area contributed by atoms with E-state index in [2.05, 4.69) is 16.4 Å². The summed E-state index contributed by atoms with van der Waals surface area (Å²) in [4.78, 5) is 30.2. The summed E-state index contributed by atoms with van der Waals surface area (Å²) in [5.74, 6) is -0.179. The van der Waals surface area contributed by atoms with Crippen molar-refractivity contribution in [2.24, 2.45) is 0 Å². The lowest BCUT2D eigenvalue weighted by Crippen LogP contribution is -2.41. The summed E-state index contributed by atoms with van der Waals surface area (Å²) in [7, 11) is 0. The molecule has 0 atom stereocenters. The van der Waals surface area contributed by atoms with Crippen LogP contribution in [-0.2, 0) is 5.54 Å². The van der Waals surface area contributed by atoms with E-state index in [1.54, 1.807) is 36.0 Å². The molecule has 0 aliphatic heterocycles. The van der Waals surface area contributed by atoms with Gasteiger partial charge in [0.2, 0.25) is 0 Å². The maximum Gasteiger partial charge on any atom is 0.252 e. The predicted molar refractivity (Wildman–Crippen MR) is 121 cm³/mol. The van der Waals surface area contributed by atoms with E-state index in [1.165, 1.54) is 0 Å². The lowest BCUT2D eigenvalue weighted by molar-refractivity contribution is 0.0911. The first-order chi connectivity index (χ1) is 13.9. The van der Waals surface area contributed by atoms with Crippen LogP contribution in [0.2, 0.25) is 0 Å². The number of hydrogen-bond acceptors (Lipinski definition) is 3. The second-order valence-corrected chi connectivity index (χ2v) is 8.39. The van der Waals surface area contributed by atoms with Gasteiger partial charge in [0, 0.05) is 26.7 Å². The number of rotatable bonds is 4. The summed E-state index contributed by atoms with van der Waals surface area (Å²) < 4.78 is 0. The average molecular weight is 403 g/mol. The van der Waals surface area contributed by atoms with E-state index in [9.17, 15) is 9.59 Å². The highest BCUT2D eigenvalue weighted by Gasteiger charge is 2.26. The first-order valence-electron chi connectivity index (χ1n) is 9.41. The highest BCUT2D eigenvalue weighted by Crippen LogP contribution is 2.30. The van der Waals surface area contributed by atoms with Gasteiger partial charge in [-0.25, -0.2) is 0 Å². The Labute approximate surface area is 173 Å². The lowest BCUT2D eigenvalue weighted by Gasteiger charge is -2.29. The van der Waals surface area contributed by atoms with Gasteiger partial charge in [-0.15, -0.1) is 11.8 Å². The first kappa shape index (κ1) is 19.3. The smallest absolute Gasteiger partial charge is 0.252 e. The van der Waals surface area contributed by atoms with Crippen LogP contribution in [0.3, 0.4) is 0 Å². The minimum absolute atomic E-state index is 0.0319. The molecule has 0 saturated heterocycles. The molecule has 0 fully saturated rings. The molecule has 0 bridgehead atoms. The van der Waals surface area contributed by atoms with Gasteiger partial charge >= 0.3 is 0 Å². The molecule has 1 amide bonds. The fourth-order valence-corrected chi connectivity index (χ4v) is 4.41. The zero-order valence-corrected chi connectivity index (χ0v) is 17.4. The van der Waals surface area contributed by atoms with Gasteiger partial charge in [0.15, 0.2) is 5.43 Å². The van der Waals surface area contributed by atoms with Crippen molar-refractivity contribution in [3.63, 3.8) is 0 Å². The minimum Gasteiger partial charge on any atom is -0.354 e. The number of thioether (sulfide) groups is 1. The molecule has 4 rings (SSSR count). The van der Waals surface area contributed by atoms with Crippen molar-refractivity contribution in [2.45, 2.75) is 24.3 Å². The van der Waals surface area contributed by atoms with Gasteiger partial charge in [0.25, 0.3) is 5.91 Å². The van der Waals surface area contributed by atoms with Crippen molar-refractivity contribution in [2.75, 3.05) is 6.26 Å². The Morgan fingerprint density at radius 2 is 1.62 bits per heavy atom. The number of nitrogens with one attached hydrogen (secondary N) is 2. The molecule has 0 saturated carbocycles. The van der Waals surface area contributed by atoms with Crippen molar-refractivity contribution >= 4 is 39.5 Å². The Balaban J connectivity index is 1.71. The van der Waals surface area contributed by atoms with Crippen LogP contribution in [0, 0.1) is 0 Å². The normalized spacial score (nSPS) is 11.7. The Morgan fingerprint density at radius 3 is 2.41 bits per heavy atom. The summed E-state index contributed by atoms with van der Waals surface area (Å²) in [6.07, 6.45) is 2.03. The van der Waals surface area contributed by atoms with Gasteiger partial charge in [-0.05, 0) is 62.1 Å². The molecule has 0 unspecified atom stereocenters. The van der Waals surface area contributed by atoms with Crippen molar-refractivity contribution < 1.29 is 4.79 Å². The molecular formula is C24H22N2O2S. The van der Waals surface area contributed by atoms with Crippen LogP contribution in [0.15, 0.2) is 76.4 Å². The molecule has 2 N–H and O–H groups in total. The molecule has 4 nitrogen and oxygen atoms in total. The minimum atomic E-state index is -0.539. The van der Waals surface area contributed by atoms with Gasteiger partial charge < -0.3 is 10.3 Å². The maximum absolute atomic E-state index is 13.0. The lowest BCUT2D eigenvalue weighted by atomic mass is 9.93. The third-order valence-corrected chi connectivity index (χ3v) is 5.97. The number of amides is 1. The quantitative estimate of drug-likeness (QED) is 0.370. The number of H-pyrrole nitrogens is 1. The number of aromatic nitrogens is 1. The Bertz CT molecular complexity index is 1290. The Hall–Kier alpha value is -3.05. The van der Waals surface area contributed by atoms with Crippen molar-refractivity contribution in [1.82, 2.24) is 10.3 Å². The van der Waals surface area contributed by atoms with Gasteiger partial charge in [-0.1, -0.05) is 30.3 Å². The molecule has 0 aliphatic carbocycles. The molecule has 0 aliphatic rings. The van der Waals surface area contributed by atoms with Gasteiger partial charge in [-0.2, -0.15) is 0 Å². The number of para-hydroxylation sites is 1. The molecule has 146 valence electrons. The first-order valence-corrected chi connectivity index (χ1v) is 10.6. The molecule has 3 aromatic carbocycles. The van der Waals surface area contributed by atoms with Crippen LogP contribution in [0.4, 0.5) is 0 Å². The van der Waals surface area contributed by atoms with Crippen LogP contribution >= 0.6 is 11.8 Å². The number of aromatic amines is 1. The predicted octanol–water partition coefficient (Wildman–Crippen LogP) is 5.07. The number of benzene rings is 3. The van der Waals surface area contributed by atoms with Gasteiger partial charge in [-0.3, -0.25) is 9.59 Å². The Morgan fingerprint density at radius 1 is 0.931 bits per heavy atom. The highest BCUT2D eigenvalue weighted by molar-refractivity contribution is 7.98. The molecule has 1 aromatic heterocycles. The average Bonchev–Trinajstić information content (AvgIpc) is 2.73.